The molecule has 88 valence electrons. The highest BCUT2D eigenvalue weighted by atomic mass is 15.1. The van der Waals surface area contributed by atoms with Crippen molar-refractivity contribution in [2.75, 3.05) is 0 Å². The van der Waals surface area contributed by atoms with Crippen molar-refractivity contribution in [2.45, 2.75) is 6.42 Å². The minimum Gasteiger partial charge on any atom is -0.277 e. The molecule has 2 radical (unpaired) electrons. The molecule has 2 nitrogen and oxygen atoms in total. The molecule has 1 aliphatic carbocycles. The molecule has 1 aromatic heterocycles. The molecular formula is C16H11BN2. The molecule has 0 spiro atoms. The predicted octanol–water partition coefficient (Wildman–Crippen LogP) is 2.44. The van der Waals surface area contributed by atoms with E-state index >= 15 is 0 Å². The van der Waals surface area contributed by atoms with Gasteiger partial charge in [-0.15, -0.1) is 0 Å². The van der Waals surface area contributed by atoms with Gasteiger partial charge in [0.25, 0.3) is 0 Å². The summed E-state index contributed by atoms with van der Waals surface area (Å²) in [5, 5.41) is 7.65. The van der Waals surface area contributed by atoms with Crippen LogP contribution in [0.1, 0.15) is 11.1 Å². The van der Waals surface area contributed by atoms with Crippen LogP contribution < -0.4 is 5.46 Å². The number of aromatic amines is 1. The van der Waals surface area contributed by atoms with E-state index in [1.54, 1.807) is 0 Å². The molecular weight excluding hydrogens is 231 g/mol. The minimum absolute atomic E-state index is 0.777. The van der Waals surface area contributed by atoms with E-state index < -0.39 is 0 Å². The Hall–Kier alpha value is -2.29. The first-order valence-corrected chi connectivity index (χ1v) is 6.34. The third-order valence-corrected chi connectivity index (χ3v) is 3.71. The van der Waals surface area contributed by atoms with Gasteiger partial charge < -0.3 is 0 Å². The standard InChI is InChI=1S/C16H11BN2/c17-12-7-5-10(6-8-12)15-14-9-11-3-1-2-4-13(11)16(14)19-18-15/h1-8H,9H2,(H,18,19). The molecule has 0 atom stereocenters. The van der Waals surface area contributed by atoms with Gasteiger partial charge >= 0.3 is 0 Å². The zero-order chi connectivity index (χ0) is 12.8. The lowest BCUT2D eigenvalue weighted by Gasteiger charge is -2.01. The SMILES string of the molecule is [B]c1ccc(-c2n[nH]c3c2Cc2ccccc2-3)cc1. The van der Waals surface area contributed by atoms with Crippen molar-refractivity contribution in [1.82, 2.24) is 10.2 Å². The molecule has 0 bridgehead atoms. The Kier molecular flexibility index (Phi) is 2.15. The van der Waals surface area contributed by atoms with Crippen molar-refractivity contribution < 1.29 is 0 Å². The molecule has 0 unspecified atom stereocenters. The van der Waals surface area contributed by atoms with Crippen LogP contribution >= 0.6 is 0 Å². The van der Waals surface area contributed by atoms with Gasteiger partial charge in [-0.1, -0.05) is 54.0 Å². The maximum Gasteiger partial charge on any atom is 0.113 e. The third kappa shape index (κ3) is 1.55. The number of fused-ring (bicyclic) bond motifs is 3. The Labute approximate surface area is 112 Å². The number of benzene rings is 2. The van der Waals surface area contributed by atoms with Crippen LogP contribution in [0.5, 0.6) is 0 Å². The van der Waals surface area contributed by atoms with Crippen LogP contribution in [-0.4, -0.2) is 18.0 Å². The number of hydrogen-bond donors (Lipinski definition) is 1. The maximum absolute atomic E-state index is 5.73. The van der Waals surface area contributed by atoms with Crippen molar-refractivity contribution in [3.05, 3.63) is 59.7 Å². The van der Waals surface area contributed by atoms with Gasteiger partial charge in [0.2, 0.25) is 0 Å². The van der Waals surface area contributed by atoms with Crippen LogP contribution in [0.2, 0.25) is 0 Å². The van der Waals surface area contributed by atoms with E-state index in [1.807, 2.05) is 24.3 Å². The molecule has 3 heteroatoms. The second kappa shape index (κ2) is 3.85. The van der Waals surface area contributed by atoms with Gasteiger partial charge in [0, 0.05) is 23.1 Å². The summed E-state index contributed by atoms with van der Waals surface area (Å²) < 4.78 is 0. The molecule has 1 N–H and O–H groups in total. The summed E-state index contributed by atoms with van der Waals surface area (Å²) >= 11 is 0. The number of hydrogen-bond acceptors (Lipinski definition) is 1. The fourth-order valence-corrected chi connectivity index (χ4v) is 2.75. The molecule has 3 aromatic rings. The first-order valence-electron chi connectivity index (χ1n) is 6.34. The number of rotatable bonds is 1. The molecule has 19 heavy (non-hydrogen) atoms. The van der Waals surface area contributed by atoms with Crippen LogP contribution in [0, 0.1) is 0 Å². The van der Waals surface area contributed by atoms with Gasteiger partial charge in [-0.3, -0.25) is 5.10 Å². The molecule has 1 aliphatic rings. The highest BCUT2D eigenvalue weighted by Gasteiger charge is 2.24. The van der Waals surface area contributed by atoms with E-state index in [1.165, 1.54) is 16.7 Å². The second-order valence-corrected chi connectivity index (χ2v) is 4.88. The minimum atomic E-state index is 0.777. The molecule has 0 amide bonds. The lowest BCUT2D eigenvalue weighted by Crippen LogP contribution is -1.99. The summed E-state index contributed by atoms with van der Waals surface area (Å²) in [4.78, 5) is 0. The number of nitrogens with one attached hydrogen (secondary N) is 1. The fourth-order valence-electron chi connectivity index (χ4n) is 2.75. The zero-order valence-corrected chi connectivity index (χ0v) is 10.4. The average molecular weight is 242 g/mol. The molecule has 1 heterocycles. The van der Waals surface area contributed by atoms with Crippen LogP contribution in [0.15, 0.2) is 48.5 Å². The van der Waals surface area contributed by atoms with E-state index in [-0.39, 0.29) is 0 Å². The fraction of sp³-hybridized carbons (Fsp3) is 0.0625. The van der Waals surface area contributed by atoms with Gasteiger partial charge in [-0.25, -0.2) is 0 Å². The smallest absolute Gasteiger partial charge is 0.113 e. The highest BCUT2D eigenvalue weighted by molar-refractivity contribution is 6.32. The van der Waals surface area contributed by atoms with Crippen molar-refractivity contribution in [3.63, 3.8) is 0 Å². The van der Waals surface area contributed by atoms with E-state index in [9.17, 15) is 0 Å². The molecule has 4 rings (SSSR count). The van der Waals surface area contributed by atoms with E-state index in [0.29, 0.717) is 0 Å². The monoisotopic (exact) mass is 242 g/mol. The Morgan fingerprint density at radius 2 is 1.79 bits per heavy atom. The number of H-pyrrole nitrogens is 1. The molecule has 2 aromatic carbocycles. The largest absolute Gasteiger partial charge is 0.277 e. The van der Waals surface area contributed by atoms with Crippen molar-refractivity contribution in [3.8, 4) is 22.5 Å². The van der Waals surface area contributed by atoms with Crippen LogP contribution in [0.3, 0.4) is 0 Å². The quantitative estimate of drug-likeness (QED) is 0.510. The lowest BCUT2D eigenvalue weighted by molar-refractivity contribution is 1.09. The Morgan fingerprint density at radius 3 is 2.63 bits per heavy atom. The number of nitrogens with zero attached hydrogens (tertiary/aromatic N) is 1. The van der Waals surface area contributed by atoms with Gasteiger partial charge in [-0.2, -0.15) is 5.10 Å². The van der Waals surface area contributed by atoms with Crippen molar-refractivity contribution >= 4 is 13.3 Å². The van der Waals surface area contributed by atoms with Crippen LogP contribution in [0.25, 0.3) is 22.5 Å². The average Bonchev–Trinajstić information content (AvgIpc) is 2.98. The Bertz CT molecular complexity index is 757. The van der Waals surface area contributed by atoms with Gasteiger partial charge in [-0.05, 0) is 5.56 Å². The lowest BCUT2D eigenvalue weighted by atomic mass is 9.94. The van der Waals surface area contributed by atoms with E-state index in [4.69, 9.17) is 7.85 Å². The van der Waals surface area contributed by atoms with Crippen molar-refractivity contribution in [1.29, 1.82) is 0 Å². The van der Waals surface area contributed by atoms with Crippen molar-refractivity contribution in [2.24, 2.45) is 0 Å². The van der Waals surface area contributed by atoms with E-state index in [2.05, 4.69) is 34.5 Å². The summed E-state index contributed by atoms with van der Waals surface area (Å²) in [5.74, 6) is 0. The van der Waals surface area contributed by atoms with Gasteiger partial charge in [0.15, 0.2) is 0 Å². The van der Waals surface area contributed by atoms with Gasteiger partial charge in [0.1, 0.15) is 7.85 Å². The summed E-state index contributed by atoms with van der Waals surface area (Å²) in [7, 11) is 5.73. The molecule has 0 aliphatic heterocycles. The summed E-state index contributed by atoms with van der Waals surface area (Å²) in [5.41, 5.74) is 7.99. The van der Waals surface area contributed by atoms with E-state index in [0.717, 1.165) is 28.8 Å². The summed E-state index contributed by atoms with van der Waals surface area (Å²) in [6.07, 6.45) is 0.946. The number of aromatic nitrogens is 2. The topological polar surface area (TPSA) is 28.7 Å². The predicted molar refractivity (Wildman–Crippen MR) is 77.7 cm³/mol. The summed E-state index contributed by atoms with van der Waals surface area (Å²) in [6, 6.07) is 16.3. The Balaban J connectivity index is 1.87. The van der Waals surface area contributed by atoms with Crippen LogP contribution in [0.4, 0.5) is 0 Å². The Morgan fingerprint density at radius 1 is 1.00 bits per heavy atom. The summed E-state index contributed by atoms with van der Waals surface area (Å²) in [6.45, 7) is 0. The van der Waals surface area contributed by atoms with Gasteiger partial charge in [0.05, 0.1) is 11.4 Å². The first kappa shape index (κ1) is 10.6. The molecule has 0 saturated heterocycles. The zero-order valence-electron chi connectivity index (χ0n) is 10.4. The first-order chi connectivity index (χ1) is 9.33. The second-order valence-electron chi connectivity index (χ2n) is 4.88. The maximum atomic E-state index is 5.73. The molecule has 0 saturated carbocycles. The molecule has 0 fully saturated rings. The highest BCUT2D eigenvalue weighted by Crippen LogP contribution is 2.39. The van der Waals surface area contributed by atoms with Crippen LogP contribution in [-0.2, 0) is 6.42 Å². The normalized spacial score (nSPS) is 12.2. The third-order valence-electron chi connectivity index (χ3n) is 3.71.